The summed E-state index contributed by atoms with van der Waals surface area (Å²) in [6.45, 7) is 1.52. The van der Waals surface area contributed by atoms with Gasteiger partial charge in [-0.25, -0.2) is 14.4 Å². The number of hydrogen-bond donors (Lipinski definition) is 1. The van der Waals surface area contributed by atoms with Gasteiger partial charge in [0.25, 0.3) is 0 Å². The number of anilines is 1. The Morgan fingerprint density at radius 2 is 1.58 bits per heavy atom. The molecule has 26 heavy (non-hydrogen) atoms. The van der Waals surface area contributed by atoms with Crippen molar-refractivity contribution in [2.75, 3.05) is 18.0 Å². The van der Waals surface area contributed by atoms with Crippen LogP contribution in [0.3, 0.4) is 0 Å². The van der Waals surface area contributed by atoms with E-state index in [2.05, 4.69) is 4.90 Å². The van der Waals surface area contributed by atoms with Gasteiger partial charge in [0.15, 0.2) is 5.82 Å². The molecule has 0 bridgehead atoms. The van der Waals surface area contributed by atoms with E-state index in [0.29, 0.717) is 5.82 Å². The Hall–Kier alpha value is -2.79. The van der Waals surface area contributed by atoms with E-state index in [1.165, 1.54) is 12.1 Å². The van der Waals surface area contributed by atoms with Gasteiger partial charge in [-0.3, -0.25) is 0 Å². The minimum Gasteiger partial charge on any atom is -0.393 e. The molecule has 0 atom stereocenters. The summed E-state index contributed by atoms with van der Waals surface area (Å²) in [4.78, 5) is 11.6. The molecule has 0 radical (unpaired) electrons. The maximum absolute atomic E-state index is 13.3. The first kappa shape index (κ1) is 16.7. The first-order valence-corrected chi connectivity index (χ1v) is 8.82. The van der Waals surface area contributed by atoms with E-state index in [-0.39, 0.29) is 11.9 Å². The Balaban J connectivity index is 1.78. The zero-order valence-corrected chi connectivity index (χ0v) is 14.3. The van der Waals surface area contributed by atoms with Gasteiger partial charge in [-0.1, -0.05) is 30.3 Å². The summed E-state index contributed by atoms with van der Waals surface area (Å²) in [5.74, 6) is 1.13. The summed E-state index contributed by atoms with van der Waals surface area (Å²) in [5, 5.41) is 9.77. The second-order valence-corrected chi connectivity index (χ2v) is 6.53. The highest BCUT2D eigenvalue weighted by Crippen LogP contribution is 2.27. The number of hydrogen-bond acceptors (Lipinski definition) is 4. The van der Waals surface area contributed by atoms with Gasteiger partial charge in [0, 0.05) is 30.3 Å². The van der Waals surface area contributed by atoms with Gasteiger partial charge < -0.3 is 10.0 Å². The topological polar surface area (TPSA) is 49.2 Å². The lowest BCUT2D eigenvalue weighted by Crippen LogP contribution is -2.36. The lowest BCUT2D eigenvalue weighted by atomic mass is 10.1. The fourth-order valence-corrected chi connectivity index (χ4v) is 3.18. The largest absolute Gasteiger partial charge is 0.393 e. The van der Waals surface area contributed by atoms with Gasteiger partial charge in [0.1, 0.15) is 11.6 Å². The second kappa shape index (κ2) is 7.22. The first-order chi connectivity index (χ1) is 12.7. The molecule has 0 amide bonds. The molecule has 1 N–H and O–H groups in total. The van der Waals surface area contributed by atoms with Crippen molar-refractivity contribution in [3.8, 4) is 22.6 Å². The maximum Gasteiger partial charge on any atom is 0.162 e. The zero-order valence-electron chi connectivity index (χ0n) is 14.3. The molecule has 0 saturated carbocycles. The molecule has 0 spiro atoms. The standard InChI is InChI=1S/C21H20FN3O/c22-17-8-6-16(7-9-17)21-23-19(15-4-2-1-3-5-15)14-20(24-21)25-12-10-18(26)11-13-25/h1-9,14,18,26H,10-13H2. The fourth-order valence-electron chi connectivity index (χ4n) is 3.18. The monoisotopic (exact) mass is 349 g/mol. The molecule has 4 rings (SSSR count). The SMILES string of the molecule is OC1CCN(c2cc(-c3ccccc3)nc(-c3ccc(F)cc3)n2)CC1. The molecule has 2 aromatic carbocycles. The highest BCUT2D eigenvalue weighted by atomic mass is 19.1. The molecular weight excluding hydrogens is 329 g/mol. The highest BCUT2D eigenvalue weighted by molar-refractivity contribution is 5.68. The Kier molecular flexibility index (Phi) is 4.63. The van der Waals surface area contributed by atoms with Crippen molar-refractivity contribution in [2.45, 2.75) is 18.9 Å². The molecule has 1 fully saturated rings. The van der Waals surface area contributed by atoms with Crippen molar-refractivity contribution < 1.29 is 9.50 Å². The van der Waals surface area contributed by atoms with Gasteiger partial charge in [-0.05, 0) is 37.1 Å². The minimum atomic E-state index is -0.279. The maximum atomic E-state index is 13.3. The van der Waals surface area contributed by atoms with Crippen LogP contribution in [-0.2, 0) is 0 Å². The lowest BCUT2D eigenvalue weighted by molar-refractivity contribution is 0.145. The average molecular weight is 349 g/mol. The van der Waals surface area contributed by atoms with E-state index >= 15 is 0 Å². The molecule has 2 heterocycles. The van der Waals surface area contributed by atoms with Crippen molar-refractivity contribution in [1.82, 2.24) is 9.97 Å². The van der Waals surface area contributed by atoms with E-state index in [1.807, 2.05) is 36.4 Å². The van der Waals surface area contributed by atoms with Crippen LogP contribution in [0, 0.1) is 5.82 Å². The fraction of sp³-hybridized carbons (Fsp3) is 0.238. The number of aliphatic hydroxyl groups excluding tert-OH is 1. The van der Waals surface area contributed by atoms with Crippen LogP contribution in [0.1, 0.15) is 12.8 Å². The van der Waals surface area contributed by atoms with Crippen molar-refractivity contribution in [3.05, 3.63) is 66.5 Å². The molecule has 1 saturated heterocycles. The molecule has 1 aliphatic rings. The molecular formula is C21H20FN3O. The van der Waals surface area contributed by atoms with Crippen molar-refractivity contribution in [3.63, 3.8) is 0 Å². The number of piperidine rings is 1. The quantitative estimate of drug-likeness (QED) is 0.779. The van der Waals surface area contributed by atoms with E-state index < -0.39 is 0 Å². The number of halogens is 1. The highest BCUT2D eigenvalue weighted by Gasteiger charge is 2.20. The molecule has 5 heteroatoms. The Bertz CT molecular complexity index is 876. The molecule has 132 valence electrons. The predicted octanol–water partition coefficient (Wildman–Crippen LogP) is 3.91. The van der Waals surface area contributed by atoms with E-state index in [4.69, 9.17) is 9.97 Å². The summed E-state index contributed by atoms with van der Waals surface area (Å²) in [7, 11) is 0. The minimum absolute atomic E-state index is 0.238. The number of aromatic nitrogens is 2. The third-order valence-electron chi connectivity index (χ3n) is 4.67. The van der Waals surface area contributed by atoms with E-state index in [9.17, 15) is 9.50 Å². The molecule has 0 unspecified atom stereocenters. The third kappa shape index (κ3) is 3.58. The summed E-state index contributed by atoms with van der Waals surface area (Å²) >= 11 is 0. The summed E-state index contributed by atoms with van der Waals surface area (Å²) in [6.07, 6.45) is 1.23. The van der Waals surface area contributed by atoms with Gasteiger partial charge in [-0.2, -0.15) is 0 Å². The third-order valence-corrected chi connectivity index (χ3v) is 4.67. The zero-order chi connectivity index (χ0) is 17.9. The summed E-state index contributed by atoms with van der Waals surface area (Å²) in [6, 6.07) is 18.2. The summed E-state index contributed by atoms with van der Waals surface area (Å²) in [5.41, 5.74) is 2.63. The Morgan fingerprint density at radius 1 is 0.885 bits per heavy atom. The molecule has 1 aliphatic heterocycles. The van der Waals surface area contributed by atoms with Crippen LogP contribution in [-0.4, -0.2) is 34.3 Å². The van der Waals surface area contributed by atoms with Crippen LogP contribution in [0.25, 0.3) is 22.6 Å². The number of rotatable bonds is 3. The normalized spacial score (nSPS) is 15.2. The Labute approximate surface area is 152 Å². The summed E-state index contributed by atoms with van der Waals surface area (Å²) < 4.78 is 13.3. The smallest absolute Gasteiger partial charge is 0.162 e. The number of benzene rings is 2. The van der Waals surface area contributed by atoms with Crippen molar-refractivity contribution in [1.29, 1.82) is 0 Å². The molecule has 1 aromatic heterocycles. The van der Waals surface area contributed by atoms with Gasteiger partial charge >= 0.3 is 0 Å². The van der Waals surface area contributed by atoms with E-state index in [1.54, 1.807) is 12.1 Å². The van der Waals surface area contributed by atoms with Crippen LogP contribution < -0.4 is 4.90 Å². The number of nitrogens with zero attached hydrogens (tertiary/aromatic N) is 3. The van der Waals surface area contributed by atoms with Gasteiger partial charge in [0.05, 0.1) is 11.8 Å². The van der Waals surface area contributed by atoms with Crippen LogP contribution in [0.4, 0.5) is 10.2 Å². The van der Waals surface area contributed by atoms with Crippen molar-refractivity contribution >= 4 is 5.82 Å². The average Bonchev–Trinajstić information content (AvgIpc) is 2.69. The number of aliphatic hydroxyl groups is 1. The second-order valence-electron chi connectivity index (χ2n) is 6.53. The Morgan fingerprint density at radius 3 is 2.27 bits per heavy atom. The van der Waals surface area contributed by atoms with E-state index in [0.717, 1.165) is 48.6 Å². The molecule has 3 aromatic rings. The first-order valence-electron chi connectivity index (χ1n) is 8.82. The van der Waals surface area contributed by atoms with Crippen LogP contribution in [0.15, 0.2) is 60.7 Å². The van der Waals surface area contributed by atoms with Crippen LogP contribution in [0.5, 0.6) is 0 Å². The molecule has 4 nitrogen and oxygen atoms in total. The molecule has 0 aliphatic carbocycles. The van der Waals surface area contributed by atoms with Crippen LogP contribution >= 0.6 is 0 Å². The van der Waals surface area contributed by atoms with Gasteiger partial charge in [0.2, 0.25) is 0 Å². The van der Waals surface area contributed by atoms with Gasteiger partial charge in [-0.15, -0.1) is 0 Å². The lowest BCUT2D eigenvalue weighted by Gasteiger charge is -2.30. The van der Waals surface area contributed by atoms with Crippen LogP contribution in [0.2, 0.25) is 0 Å². The predicted molar refractivity (Wildman–Crippen MR) is 100 cm³/mol. The van der Waals surface area contributed by atoms with Crippen molar-refractivity contribution in [2.24, 2.45) is 0 Å².